The molecule has 290 valence electrons. The lowest BCUT2D eigenvalue weighted by Crippen LogP contribution is -2.47. The van der Waals surface area contributed by atoms with E-state index in [2.05, 4.69) is 60.0 Å². The number of thiazole rings is 1. The molecule has 15 heteroatoms. The van der Waals surface area contributed by atoms with Crippen LogP contribution in [0.2, 0.25) is 0 Å². The van der Waals surface area contributed by atoms with Gasteiger partial charge in [-0.25, -0.2) is 14.4 Å². The molecule has 5 aromatic rings. The van der Waals surface area contributed by atoms with Crippen molar-refractivity contribution in [2.45, 2.75) is 75.9 Å². The summed E-state index contributed by atoms with van der Waals surface area (Å²) in [5.41, 5.74) is 6.51. The number of aromatic nitrogens is 3. The molecular weight excluding hydrogens is 746 g/mol. The number of piperazine rings is 1. The first kappa shape index (κ1) is 35.5. The van der Waals surface area contributed by atoms with Crippen molar-refractivity contribution in [2.24, 2.45) is 0 Å². The Hall–Kier alpha value is -5.93. The van der Waals surface area contributed by atoms with E-state index in [4.69, 9.17) is 0 Å². The summed E-state index contributed by atoms with van der Waals surface area (Å²) in [5.74, 6) is -1.82. The predicted molar refractivity (Wildman–Crippen MR) is 212 cm³/mol. The first-order valence-electron chi connectivity index (χ1n) is 19.4. The van der Waals surface area contributed by atoms with Crippen LogP contribution in [0.4, 0.5) is 20.9 Å². The number of carbonyl (C=O) groups excluding carboxylic acids is 4. The maximum atomic E-state index is 15.9. The normalized spacial score (nSPS) is 21.8. The zero-order valence-electron chi connectivity index (χ0n) is 31.0. The summed E-state index contributed by atoms with van der Waals surface area (Å²) in [7, 11) is 0. The number of hydrogen-bond acceptors (Lipinski definition) is 10. The Morgan fingerprint density at radius 1 is 1.00 bits per heavy atom. The Morgan fingerprint density at radius 3 is 2.67 bits per heavy atom. The molecule has 3 aromatic carbocycles. The lowest BCUT2D eigenvalue weighted by Gasteiger charge is -2.35. The average molecular weight is 786 g/mol. The number of nitrogens with zero attached hydrogens (tertiary/aromatic N) is 6. The molecule has 3 saturated heterocycles. The second-order valence-electron chi connectivity index (χ2n) is 15.5. The average Bonchev–Trinajstić information content (AvgIpc) is 4.07. The minimum Gasteiger partial charge on any atom is -0.374 e. The van der Waals surface area contributed by atoms with Gasteiger partial charge < -0.3 is 19.7 Å². The van der Waals surface area contributed by atoms with Crippen LogP contribution in [0.5, 0.6) is 0 Å². The Bertz CT molecular complexity index is 2420. The van der Waals surface area contributed by atoms with Crippen molar-refractivity contribution in [3.05, 3.63) is 112 Å². The number of hydrogen-bond donors (Lipinski definition) is 3. The number of likely N-dealkylation sites (tertiary alicyclic amines) is 1. The lowest BCUT2D eigenvalue weighted by atomic mass is 9.99. The standard InChI is InChI=1S/C42H40FN9O4S/c43-33-17-26(16-31-32(33)22-52(41(31)56)38(40(55)48-42-44-12-14-57-42)37-35-5-2-13-49(35)23-45-37)25-6-8-28(9-7-25)51-21-29-18-30(51)20-50(29)19-24-3-1-4-27(15-24)46-34-10-11-36(53)47-39(34)54/h1,3-4,6-9,12,14-17,23,29-30,34,38,46H,2,5,10-11,13,18-22H2,(H,44,48,55)(H,47,53,54)/t29-,30-,34?,38?/m1/s1. The maximum Gasteiger partial charge on any atom is 0.255 e. The molecule has 2 bridgehead atoms. The van der Waals surface area contributed by atoms with Gasteiger partial charge in [0.25, 0.3) is 11.8 Å². The van der Waals surface area contributed by atoms with Crippen LogP contribution in [0.1, 0.15) is 64.6 Å². The number of aryl methyl sites for hydroxylation is 1. The van der Waals surface area contributed by atoms with Crippen molar-refractivity contribution in [1.29, 1.82) is 0 Å². The Balaban J connectivity index is 0.817. The molecule has 2 aromatic heterocycles. The van der Waals surface area contributed by atoms with Crippen molar-refractivity contribution >= 4 is 51.5 Å². The van der Waals surface area contributed by atoms with E-state index in [-0.39, 0.29) is 29.5 Å². The zero-order valence-corrected chi connectivity index (χ0v) is 31.8. The summed E-state index contributed by atoms with van der Waals surface area (Å²) in [6, 6.07) is 18.8. The number of piperidine rings is 1. The van der Waals surface area contributed by atoms with E-state index in [0.29, 0.717) is 41.3 Å². The van der Waals surface area contributed by atoms with Gasteiger partial charge in [0.1, 0.15) is 11.9 Å². The molecule has 13 nitrogen and oxygen atoms in total. The molecule has 0 spiro atoms. The highest BCUT2D eigenvalue weighted by molar-refractivity contribution is 7.13. The maximum absolute atomic E-state index is 15.9. The molecule has 5 aliphatic rings. The van der Waals surface area contributed by atoms with E-state index in [1.165, 1.54) is 27.9 Å². The molecule has 0 aliphatic carbocycles. The first-order valence-corrected chi connectivity index (χ1v) is 20.3. The monoisotopic (exact) mass is 785 g/mol. The zero-order chi connectivity index (χ0) is 38.8. The van der Waals surface area contributed by atoms with E-state index in [0.717, 1.165) is 68.1 Å². The van der Waals surface area contributed by atoms with Crippen molar-refractivity contribution in [1.82, 2.24) is 29.7 Å². The summed E-state index contributed by atoms with van der Waals surface area (Å²) in [6.45, 7) is 3.39. The van der Waals surface area contributed by atoms with E-state index >= 15 is 4.39 Å². The first-order chi connectivity index (χ1) is 27.8. The largest absolute Gasteiger partial charge is 0.374 e. The van der Waals surface area contributed by atoms with Gasteiger partial charge in [0, 0.05) is 84.5 Å². The van der Waals surface area contributed by atoms with Gasteiger partial charge in [0.15, 0.2) is 11.2 Å². The molecule has 4 amide bonds. The Kier molecular flexibility index (Phi) is 8.85. The van der Waals surface area contributed by atoms with Crippen molar-refractivity contribution < 1.29 is 23.6 Å². The fraction of sp³-hybridized carbons (Fsp3) is 0.333. The van der Waals surface area contributed by atoms with Crippen LogP contribution in [-0.2, 0) is 40.4 Å². The third kappa shape index (κ3) is 6.53. The van der Waals surface area contributed by atoms with Crippen LogP contribution < -0.4 is 20.9 Å². The molecule has 5 aliphatic heterocycles. The highest BCUT2D eigenvalue weighted by Gasteiger charge is 2.44. The Labute approximate surface area is 331 Å². The van der Waals surface area contributed by atoms with Gasteiger partial charge in [-0.2, -0.15) is 0 Å². The second kappa shape index (κ2) is 14.2. The van der Waals surface area contributed by atoms with E-state index in [1.807, 2.05) is 28.8 Å². The number of carbonyl (C=O) groups is 4. The van der Waals surface area contributed by atoms with Crippen molar-refractivity contribution in [2.75, 3.05) is 28.6 Å². The minimum absolute atomic E-state index is 0.0410. The fourth-order valence-corrected chi connectivity index (χ4v) is 9.83. The van der Waals surface area contributed by atoms with Gasteiger partial charge in [-0.3, -0.25) is 34.7 Å². The summed E-state index contributed by atoms with van der Waals surface area (Å²) in [6.07, 6.45) is 6.87. The number of nitrogens with one attached hydrogen (secondary N) is 3. The molecule has 0 radical (unpaired) electrons. The van der Waals surface area contributed by atoms with Gasteiger partial charge in [0.05, 0.1) is 18.6 Å². The molecule has 7 heterocycles. The number of benzene rings is 3. The summed E-state index contributed by atoms with van der Waals surface area (Å²) in [5, 5.41) is 10.7. The van der Waals surface area contributed by atoms with Gasteiger partial charge in [-0.15, -0.1) is 11.3 Å². The highest BCUT2D eigenvalue weighted by atomic mass is 32.1. The molecule has 2 unspecified atom stereocenters. The van der Waals surface area contributed by atoms with Gasteiger partial charge >= 0.3 is 0 Å². The fourth-order valence-electron chi connectivity index (χ4n) is 9.30. The summed E-state index contributed by atoms with van der Waals surface area (Å²) >= 11 is 1.29. The summed E-state index contributed by atoms with van der Waals surface area (Å²) < 4.78 is 18.0. The van der Waals surface area contributed by atoms with Crippen LogP contribution in [0, 0.1) is 5.82 Å². The number of fused-ring (bicyclic) bond motifs is 4. The van der Waals surface area contributed by atoms with Gasteiger partial charge in [-0.1, -0.05) is 24.3 Å². The SMILES string of the molecule is O=C1CCC(Nc2cccc(CN3C[C@H]4C[C@@H]3CN4c3ccc(-c4cc(F)c5c(c4)C(=O)N(C(C(=O)Nc4nccs4)c4ncn6c4CCC6)C5)cc3)c2)C(=O)N1. The van der Waals surface area contributed by atoms with Gasteiger partial charge in [-0.05, 0) is 78.8 Å². The lowest BCUT2D eigenvalue weighted by molar-refractivity contribution is -0.133. The smallest absolute Gasteiger partial charge is 0.255 e. The highest BCUT2D eigenvalue weighted by Crippen LogP contribution is 2.40. The van der Waals surface area contributed by atoms with E-state index < -0.39 is 29.7 Å². The molecule has 3 N–H and O–H groups in total. The van der Waals surface area contributed by atoms with Gasteiger partial charge in [0.2, 0.25) is 11.8 Å². The molecule has 3 fully saturated rings. The molecule has 57 heavy (non-hydrogen) atoms. The second-order valence-corrected chi connectivity index (χ2v) is 16.4. The predicted octanol–water partition coefficient (Wildman–Crippen LogP) is 5.11. The number of imide groups is 1. The van der Waals surface area contributed by atoms with Crippen LogP contribution >= 0.6 is 11.3 Å². The van der Waals surface area contributed by atoms with E-state index in [9.17, 15) is 19.2 Å². The van der Waals surface area contributed by atoms with E-state index in [1.54, 1.807) is 24.0 Å². The Morgan fingerprint density at radius 2 is 1.88 bits per heavy atom. The van der Waals surface area contributed by atoms with Crippen LogP contribution in [0.25, 0.3) is 11.1 Å². The molecule has 10 rings (SSSR count). The number of halogens is 1. The molecule has 4 atom stereocenters. The number of rotatable bonds is 10. The van der Waals surface area contributed by atoms with Crippen molar-refractivity contribution in [3.63, 3.8) is 0 Å². The molecule has 0 saturated carbocycles. The quantitative estimate of drug-likeness (QED) is 0.165. The third-order valence-electron chi connectivity index (χ3n) is 12.1. The van der Waals surface area contributed by atoms with Crippen LogP contribution in [0.3, 0.4) is 0 Å². The topological polar surface area (TPSA) is 145 Å². The van der Waals surface area contributed by atoms with Crippen molar-refractivity contribution in [3.8, 4) is 11.1 Å². The van der Waals surface area contributed by atoms with Crippen LogP contribution in [-0.4, -0.2) is 79.2 Å². The number of amides is 4. The summed E-state index contributed by atoms with van der Waals surface area (Å²) in [4.78, 5) is 67.0. The molecular formula is C42H40FN9O4S. The third-order valence-corrected chi connectivity index (χ3v) is 12.8. The number of anilines is 3. The minimum atomic E-state index is -1.04. The van der Waals surface area contributed by atoms with Crippen LogP contribution in [0.15, 0.2) is 78.6 Å². The number of imidazole rings is 1.